The van der Waals surface area contributed by atoms with Gasteiger partial charge in [0.1, 0.15) is 35.3 Å². The molecule has 33 heavy (non-hydrogen) atoms. The van der Waals surface area contributed by atoms with Gasteiger partial charge < -0.3 is 29.7 Å². The fourth-order valence-corrected chi connectivity index (χ4v) is 4.37. The molecule has 4 rings (SSSR count). The van der Waals surface area contributed by atoms with Crippen LogP contribution in [0.3, 0.4) is 0 Å². The number of pyridine rings is 1. The van der Waals surface area contributed by atoms with Gasteiger partial charge in [-0.2, -0.15) is 0 Å². The molecule has 8 nitrogen and oxygen atoms in total. The summed E-state index contributed by atoms with van der Waals surface area (Å²) in [4.78, 5) is 22.3. The van der Waals surface area contributed by atoms with Crippen LogP contribution in [0.4, 0.5) is 10.2 Å². The van der Waals surface area contributed by atoms with Crippen molar-refractivity contribution in [2.24, 2.45) is 0 Å². The van der Waals surface area contributed by atoms with E-state index in [1.54, 1.807) is 6.07 Å². The number of benzene rings is 1. The molecule has 1 fully saturated rings. The van der Waals surface area contributed by atoms with Crippen LogP contribution in [-0.2, 0) is 4.74 Å². The Balaban J connectivity index is 1.87. The molecule has 178 valence electrons. The number of rotatable bonds is 8. The van der Waals surface area contributed by atoms with E-state index in [0.29, 0.717) is 69.7 Å². The molecule has 1 amide bonds. The molecule has 1 aromatic carbocycles. The van der Waals surface area contributed by atoms with Gasteiger partial charge in [-0.05, 0) is 25.5 Å². The molecule has 2 aliphatic heterocycles. The van der Waals surface area contributed by atoms with Crippen molar-refractivity contribution in [3.8, 4) is 22.8 Å². The van der Waals surface area contributed by atoms with Gasteiger partial charge in [0, 0.05) is 45.4 Å². The number of phenols is 1. The number of nitrogens with one attached hydrogen (secondary N) is 1. The second-order valence-corrected chi connectivity index (χ2v) is 8.19. The van der Waals surface area contributed by atoms with Crippen LogP contribution in [0.1, 0.15) is 30.6 Å². The minimum Gasteiger partial charge on any atom is -0.507 e. The van der Waals surface area contributed by atoms with Crippen molar-refractivity contribution in [2.45, 2.75) is 26.3 Å². The van der Waals surface area contributed by atoms with Crippen molar-refractivity contribution < 1.29 is 23.8 Å². The third-order valence-electron chi connectivity index (χ3n) is 5.97. The fraction of sp³-hybridized carbons (Fsp3) is 0.500. The zero-order chi connectivity index (χ0) is 23.4. The second-order valence-electron chi connectivity index (χ2n) is 8.19. The van der Waals surface area contributed by atoms with Crippen molar-refractivity contribution in [3.63, 3.8) is 0 Å². The lowest BCUT2D eigenvalue weighted by atomic mass is 10.1. The summed E-state index contributed by atoms with van der Waals surface area (Å²) < 4.78 is 26.4. The third kappa shape index (κ3) is 4.74. The molecule has 1 saturated heterocycles. The normalized spacial score (nSPS) is 17.7. The number of aromatic nitrogens is 1. The van der Waals surface area contributed by atoms with Crippen molar-refractivity contribution in [1.82, 2.24) is 15.2 Å². The molecule has 0 spiro atoms. The summed E-state index contributed by atoms with van der Waals surface area (Å²) >= 11 is 0. The Morgan fingerprint density at radius 3 is 2.94 bits per heavy atom. The number of carbonyl (C=O) groups excluding carboxylic acids is 1. The lowest BCUT2D eigenvalue weighted by Crippen LogP contribution is -2.55. The van der Waals surface area contributed by atoms with Gasteiger partial charge in [-0.15, -0.1) is 0 Å². The lowest BCUT2D eigenvalue weighted by Gasteiger charge is -2.34. The van der Waals surface area contributed by atoms with E-state index < -0.39 is 5.82 Å². The molecule has 2 N–H and O–H groups in total. The third-order valence-corrected chi connectivity index (χ3v) is 5.97. The molecular formula is C24H31FN4O4. The van der Waals surface area contributed by atoms with Crippen LogP contribution in [0.15, 0.2) is 24.3 Å². The van der Waals surface area contributed by atoms with Crippen LogP contribution in [0.2, 0.25) is 0 Å². The Kier molecular flexibility index (Phi) is 7.29. The van der Waals surface area contributed by atoms with E-state index >= 15 is 0 Å². The number of ether oxygens (including phenoxy) is 2. The summed E-state index contributed by atoms with van der Waals surface area (Å²) in [6, 6.07) is 5.60. The summed E-state index contributed by atoms with van der Waals surface area (Å²) in [6.07, 6.45) is 0.822. The number of amides is 1. The molecule has 0 saturated carbocycles. The number of halogens is 1. The minimum atomic E-state index is -0.591. The minimum absolute atomic E-state index is 0.0116. The van der Waals surface area contributed by atoms with Crippen LogP contribution in [0.5, 0.6) is 11.5 Å². The Morgan fingerprint density at radius 1 is 1.33 bits per heavy atom. The summed E-state index contributed by atoms with van der Waals surface area (Å²) in [5.41, 5.74) is 0.592. The Bertz CT molecular complexity index is 982. The van der Waals surface area contributed by atoms with Crippen molar-refractivity contribution in [1.29, 1.82) is 0 Å². The van der Waals surface area contributed by atoms with Gasteiger partial charge in [-0.3, -0.25) is 4.79 Å². The molecular weight excluding hydrogens is 427 g/mol. The molecule has 0 unspecified atom stereocenters. The number of hydrogen-bond acceptors (Lipinski definition) is 7. The number of nitrogens with zero attached hydrogens (tertiary/aromatic N) is 3. The molecule has 3 heterocycles. The molecule has 2 aliphatic rings. The second kappa shape index (κ2) is 10.4. The first kappa shape index (κ1) is 23.3. The number of piperazine rings is 1. The highest BCUT2D eigenvalue weighted by atomic mass is 19.1. The van der Waals surface area contributed by atoms with Gasteiger partial charge in [0.15, 0.2) is 0 Å². The first-order valence-corrected chi connectivity index (χ1v) is 11.5. The fourth-order valence-electron chi connectivity index (χ4n) is 4.37. The number of anilines is 1. The first-order valence-electron chi connectivity index (χ1n) is 11.5. The topological polar surface area (TPSA) is 87.2 Å². The predicted octanol–water partition coefficient (Wildman–Crippen LogP) is 2.65. The van der Waals surface area contributed by atoms with Gasteiger partial charge in [-0.25, -0.2) is 9.37 Å². The number of phenolic OH excluding ortho intramolecular Hbond substituents is 1. The van der Waals surface area contributed by atoms with E-state index in [2.05, 4.69) is 5.32 Å². The smallest absolute Gasteiger partial charge is 0.261 e. The molecule has 0 aliphatic carbocycles. The van der Waals surface area contributed by atoms with Crippen LogP contribution in [0, 0.1) is 5.82 Å². The van der Waals surface area contributed by atoms with Crippen LogP contribution < -0.4 is 15.0 Å². The zero-order valence-electron chi connectivity index (χ0n) is 19.1. The molecule has 9 heteroatoms. The van der Waals surface area contributed by atoms with Gasteiger partial charge in [0.25, 0.3) is 5.91 Å². The SMILES string of the molecule is CCCN(CCOCC)c1nc(-c2c(O)cccc2F)cc2c1C(=O)N1CCNC[C@@H]1CO2. The predicted molar refractivity (Wildman–Crippen MR) is 123 cm³/mol. The van der Waals surface area contributed by atoms with E-state index in [-0.39, 0.29) is 29.0 Å². The highest BCUT2D eigenvalue weighted by Crippen LogP contribution is 2.39. The number of carbonyl (C=O) groups is 1. The van der Waals surface area contributed by atoms with E-state index in [0.717, 1.165) is 6.42 Å². The number of hydrogen-bond donors (Lipinski definition) is 2. The van der Waals surface area contributed by atoms with Crippen LogP contribution in [0.25, 0.3) is 11.3 Å². The monoisotopic (exact) mass is 458 g/mol. The highest BCUT2D eigenvalue weighted by molar-refractivity contribution is 6.03. The van der Waals surface area contributed by atoms with E-state index in [1.807, 2.05) is 23.6 Å². The van der Waals surface area contributed by atoms with Gasteiger partial charge in [0.05, 0.1) is 23.9 Å². The van der Waals surface area contributed by atoms with Crippen molar-refractivity contribution >= 4 is 11.7 Å². The average molecular weight is 459 g/mol. The maximum atomic E-state index is 14.7. The van der Waals surface area contributed by atoms with E-state index in [9.17, 15) is 14.3 Å². The van der Waals surface area contributed by atoms with Gasteiger partial charge in [-0.1, -0.05) is 13.0 Å². The zero-order valence-corrected chi connectivity index (χ0v) is 19.1. The van der Waals surface area contributed by atoms with Crippen LogP contribution in [-0.4, -0.2) is 79.5 Å². The van der Waals surface area contributed by atoms with Gasteiger partial charge >= 0.3 is 0 Å². The molecule has 1 atom stereocenters. The van der Waals surface area contributed by atoms with E-state index in [1.165, 1.54) is 18.2 Å². The number of fused-ring (bicyclic) bond motifs is 2. The number of aromatic hydroxyl groups is 1. The standard InChI is InChI=1S/C24H31FN4O4/c1-3-9-28(11-12-32-4-2)23-22-20(33-15-16-14-26-8-10-29(16)24(22)31)13-18(27-23)21-17(25)6-5-7-19(21)30/h5-7,13,16,26,30H,3-4,8-12,14-15H2,1-2H3/t16-/m1/s1. The molecule has 0 radical (unpaired) electrons. The summed E-state index contributed by atoms with van der Waals surface area (Å²) in [6.45, 7) is 8.44. The first-order chi connectivity index (χ1) is 16.0. The molecule has 1 aromatic heterocycles. The lowest BCUT2D eigenvalue weighted by molar-refractivity contribution is 0.0606. The Hall–Kier alpha value is -2.91. The molecule has 0 bridgehead atoms. The summed E-state index contributed by atoms with van der Waals surface area (Å²) in [7, 11) is 0. The molecule has 2 aromatic rings. The quantitative estimate of drug-likeness (QED) is 0.588. The Morgan fingerprint density at radius 2 is 2.18 bits per heavy atom. The maximum absolute atomic E-state index is 14.7. The largest absolute Gasteiger partial charge is 0.507 e. The Labute approximate surface area is 193 Å². The van der Waals surface area contributed by atoms with Crippen molar-refractivity contribution in [3.05, 3.63) is 35.6 Å². The van der Waals surface area contributed by atoms with Crippen molar-refractivity contribution in [2.75, 3.05) is 57.4 Å². The average Bonchev–Trinajstić information content (AvgIpc) is 2.95. The maximum Gasteiger partial charge on any atom is 0.261 e. The summed E-state index contributed by atoms with van der Waals surface area (Å²) in [5.74, 6) is -0.165. The summed E-state index contributed by atoms with van der Waals surface area (Å²) in [5, 5.41) is 13.7. The van der Waals surface area contributed by atoms with Gasteiger partial charge in [0.2, 0.25) is 0 Å². The van der Waals surface area contributed by atoms with E-state index in [4.69, 9.17) is 14.5 Å². The highest BCUT2D eigenvalue weighted by Gasteiger charge is 2.36. The van der Waals surface area contributed by atoms with Crippen LogP contribution >= 0.6 is 0 Å².